The van der Waals surface area contributed by atoms with E-state index in [0.717, 1.165) is 30.3 Å². The monoisotopic (exact) mass is 276 g/mol. The van der Waals surface area contributed by atoms with Crippen molar-refractivity contribution in [3.63, 3.8) is 0 Å². The molecule has 1 heterocycles. The summed E-state index contributed by atoms with van der Waals surface area (Å²) < 4.78 is 6.07. The second-order valence-electron chi connectivity index (χ2n) is 7.14. The van der Waals surface area contributed by atoms with Gasteiger partial charge in [-0.05, 0) is 51.9 Å². The molecule has 20 heavy (non-hydrogen) atoms. The first-order valence-corrected chi connectivity index (χ1v) is 7.66. The molecule has 3 heteroatoms. The van der Waals surface area contributed by atoms with E-state index in [1.807, 2.05) is 6.20 Å². The predicted octanol–water partition coefficient (Wildman–Crippen LogP) is 3.63. The lowest BCUT2D eigenvalue weighted by atomic mass is 9.91. The second-order valence-corrected chi connectivity index (χ2v) is 7.14. The number of ether oxygens (including phenoxy) is 1. The highest BCUT2D eigenvalue weighted by Gasteiger charge is 2.23. The molecular formula is C17H28N2O. The standard InChI is InChI=1S/C17H28N2O/c1-17(2,3)16-11-10-15(12-18-16)20-14-8-6-13(7-9-14)19(4)5/h10-14H,6-9H2,1-5H3. The van der Waals surface area contributed by atoms with Gasteiger partial charge in [-0.1, -0.05) is 20.8 Å². The number of hydrogen-bond donors (Lipinski definition) is 0. The van der Waals surface area contributed by atoms with Gasteiger partial charge in [0, 0.05) is 17.2 Å². The summed E-state index contributed by atoms with van der Waals surface area (Å²) in [4.78, 5) is 6.85. The number of nitrogens with zero attached hydrogens (tertiary/aromatic N) is 2. The minimum absolute atomic E-state index is 0.0995. The minimum atomic E-state index is 0.0995. The molecule has 0 aliphatic heterocycles. The summed E-state index contributed by atoms with van der Waals surface area (Å²) in [5.74, 6) is 0.909. The molecule has 0 aromatic carbocycles. The molecular weight excluding hydrogens is 248 g/mol. The fourth-order valence-corrected chi connectivity index (χ4v) is 2.77. The van der Waals surface area contributed by atoms with Crippen LogP contribution in [0.4, 0.5) is 0 Å². The van der Waals surface area contributed by atoms with Crippen molar-refractivity contribution in [3.8, 4) is 5.75 Å². The van der Waals surface area contributed by atoms with Gasteiger partial charge in [-0.15, -0.1) is 0 Å². The third-order valence-electron chi connectivity index (χ3n) is 4.18. The van der Waals surface area contributed by atoms with Gasteiger partial charge in [-0.2, -0.15) is 0 Å². The highest BCUT2D eigenvalue weighted by Crippen LogP contribution is 2.27. The van der Waals surface area contributed by atoms with Crippen molar-refractivity contribution in [1.29, 1.82) is 0 Å². The largest absolute Gasteiger partial charge is 0.489 e. The van der Waals surface area contributed by atoms with Crippen molar-refractivity contribution in [2.24, 2.45) is 0 Å². The third-order valence-corrected chi connectivity index (χ3v) is 4.18. The van der Waals surface area contributed by atoms with E-state index in [1.165, 1.54) is 12.8 Å². The molecule has 0 atom stereocenters. The van der Waals surface area contributed by atoms with E-state index >= 15 is 0 Å². The molecule has 0 radical (unpaired) electrons. The number of hydrogen-bond acceptors (Lipinski definition) is 3. The van der Waals surface area contributed by atoms with E-state index in [1.54, 1.807) is 0 Å². The first-order chi connectivity index (χ1) is 9.36. The van der Waals surface area contributed by atoms with Crippen LogP contribution in [-0.4, -0.2) is 36.1 Å². The number of pyridine rings is 1. The Hall–Kier alpha value is -1.09. The Bertz CT molecular complexity index is 412. The Morgan fingerprint density at radius 3 is 2.20 bits per heavy atom. The lowest BCUT2D eigenvalue weighted by Gasteiger charge is -2.32. The molecule has 1 aromatic rings. The first-order valence-electron chi connectivity index (χ1n) is 7.66. The van der Waals surface area contributed by atoms with Crippen LogP contribution in [0.2, 0.25) is 0 Å². The van der Waals surface area contributed by atoms with Gasteiger partial charge >= 0.3 is 0 Å². The van der Waals surface area contributed by atoms with Crippen LogP contribution in [0.3, 0.4) is 0 Å². The fourth-order valence-electron chi connectivity index (χ4n) is 2.77. The van der Waals surface area contributed by atoms with Crippen molar-refractivity contribution in [2.75, 3.05) is 14.1 Å². The number of aromatic nitrogens is 1. The summed E-state index contributed by atoms with van der Waals surface area (Å²) in [6.07, 6.45) is 6.97. The van der Waals surface area contributed by atoms with Crippen LogP contribution in [0, 0.1) is 0 Å². The van der Waals surface area contributed by atoms with Crippen LogP contribution in [0.25, 0.3) is 0 Å². The van der Waals surface area contributed by atoms with Crippen molar-refractivity contribution in [1.82, 2.24) is 9.88 Å². The van der Waals surface area contributed by atoms with Gasteiger partial charge in [0.15, 0.2) is 0 Å². The molecule has 1 aliphatic rings. The Kier molecular flexibility index (Phi) is 4.69. The molecule has 3 nitrogen and oxygen atoms in total. The zero-order valence-corrected chi connectivity index (χ0v) is 13.5. The minimum Gasteiger partial charge on any atom is -0.489 e. The second kappa shape index (κ2) is 6.13. The lowest BCUT2D eigenvalue weighted by Crippen LogP contribution is -2.35. The zero-order valence-electron chi connectivity index (χ0n) is 13.5. The smallest absolute Gasteiger partial charge is 0.138 e. The van der Waals surface area contributed by atoms with Crippen molar-refractivity contribution < 1.29 is 4.74 Å². The predicted molar refractivity (Wildman–Crippen MR) is 83.3 cm³/mol. The van der Waals surface area contributed by atoms with Crippen LogP contribution >= 0.6 is 0 Å². The molecule has 1 aromatic heterocycles. The van der Waals surface area contributed by atoms with Crippen LogP contribution in [0.15, 0.2) is 18.3 Å². The lowest BCUT2D eigenvalue weighted by molar-refractivity contribution is 0.111. The molecule has 0 bridgehead atoms. The molecule has 0 spiro atoms. The summed E-state index contributed by atoms with van der Waals surface area (Å²) >= 11 is 0. The summed E-state index contributed by atoms with van der Waals surface area (Å²) in [5.41, 5.74) is 1.21. The Morgan fingerprint density at radius 1 is 1.10 bits per heavy atom. The highest BCUT2D eigenvalue weighted by atomic mass is 16.5. The maximum Gasteiger partial charge on any atom is 0.138 e. The van der Waals surface area contributed by atoms with E-state index in [4.69, 9.17) is 4.74 Å². The SMILES string of the molecule is CN(C)C1CCC(Oc2ccc(C(C)(C)C)nc2)CC1. The summed E-state index contributed by atoms with van der Waals surface area (Å²) in [7, 11) is 4.34. The summed E-state index contributed by atoms with van der Waals surface area (Å²) in [5, 5.41) is 0. The van der Waals surface area contributed by atoms with Gasteiger partial charge < -0.3 is 9.64 Å². The zero-order chi connectivity index (χ0) is 14.8. The maximum atomic E-state index is 6.07. The molecule has 2 rings (SSSR count). The quantitative estimate of drug-likeness (QED) is 0.843. The summed E-state index contributed by atoms with van der Waals surface area (Å²) in [6, 6.07) is 4.86. The van der Waals surface area contributed by atoms with Gasteiger partial charge in [0.25, 0.3) is 0 Å². The summed E-state index contributed by atoms with van der Waals surface area (Å²) in [6.45, 7) is 6.54. The fraction of sp³-hybridized carbons (Fsp3) is 0.706. The van der Waals surface area contributed by atoms with E-state index < -0.39 is 0 Å². The van der Waals surface area contributed by atoms with E-state index in [-0.39, 0.29) is 5.41 Å². The molecule has 112 valence electrons. The molecule has 0 saturated heterocycles. The molecule has 0 N–H and O–H groups in total. The van der Waals surface area contributed by atoms with Gasteiger partial charge in [0.2, 0.25) is 0 Å². The Balaban J connectivity index is 1.89. The topological polar surface area (TPSA) is 25.4 Å². The van der Waals surface area contributed by atoms with Gasteiger partial charge in [0.1, 0.15) is 5.75 Å². The van der Waals surface area contributed by atoms with Crippen molar-refractivity contribution in [3.05, 3.63) is 24.0 Å². The van der Waals surface area contributed by atoms with Crippen LogP contribution in [0.1, 0.15) is 52.1 Å². The van der Waals surface area contributed by atoms with Gasteiger partial charge in [-0.25, -0.2) is 0 Å². The van der Waals surface area contributed by atoms with Crippen molar-refractivity contribution in [2.45, 2.75) is 64.0 Å². The van der Waals surface area contributed by atoms with Gasteiger partial charge in [-0.3, -0.25) is 4.98 Å². The Morgan fingerprint density at radius 2 is 1.75 bits per heavy atom. The highest BCUT2D eigenvalue weighted by molar-refractivity contribution is 5.23. The van der Waals surface area contributed by atoms with Crippen molar-refractivity contribution >= 4 is 0 Å². The molecule has 0 amide bonds. The number of rotatable bonds is 3. The molecule has 0 unspecified atom stereocenters. The first kappa shape index (κ1) is 15.3. The van der Waals surface area contributed by atoms with Gasteiger partial charge in [0.05, 0.1) is 12.3 Å². The van der Waals surface area contributed by atoms with Crippen LogP contribution < -0.4 is 4.74 Å². The normalized spacial score (nSPS) is 23.9. The maximum absolute atomic E-state index is 6.07. The average Bonchev–Trinajstić information content (AvgIpc) is 2.39. The Labute approximate surface area is 123 Å². The van der Waals surface area contributed by atoms with E-state index in [0.29, 0.717) is 6.10 Å². The molecule has 1 saturated carbocycles. The molecule has 1 aliphatic carbocycles. The van der Waals surface area contributed by atoms with E-state index in [9.17, 15) is 0 Å². The average molecular weight is 276 g/mol. The van der Waals surface area contributed by atoms with Crippen LogP contribution in [-0.2, 0) is 5.41 Å². The van der Waals surface area contributed by atoms with Crippen LogP contribution in [0.5, 0.6) is 5.75 Å². The molecule has 1 fully saturated rings. The third kappa shape index (κ3) is 3.95. The van der Waals surface area contributed by atoms with E-state index in [2.05, 4.69) is 56.9 Å².